The monoisotopic (exact) mass is 279 g/mol. The van der Waals surface area contributed by atoms with E-state index in [4.69, 9.17) is 9.47 Å². The van der Waals surface area contributed by atoms with Gasteiger partial charge in [0.25, 0.3) is 0 Å². The fraction of sp³-hybridized carbons (Fsp3) is 0.562. The van der Waals surface area contributed by atoms with E-state index in [2.05, 4.69) is 24.0 Å². The van der Waals surface area contributed by atoms with Gasteiger partial charge in [-0.25, -0.2) is 0 Å². The Morgan fingerprint density at radius 3 is 2.55 bits per heavy atom. The summed E-state index contributed by atoms with van der Waals surface area (Å²) in [6, 6.07) is 10.1. The first kappa shape index (κ1) is 16.7. The fourth-order valence-electron chi connectivity index (χ4n) is 1.88. The zero-order valence-corrected chi connectivity index (χ0v) is 12.5. The number of ether oxygens (including phenoxy) is 2. The van der Waals surface area contributed by atoms with Crippen molar-refractivity contribution in [3.05, 3.63) is 35.9 Å². The average molecular weight is 279 g/mol. The summed E-state index contributed by atoms with van der Waals surface area (Å²) in [7, 11) is 0. The Hall–Kier alpha value is -1.39. The first-order chi connectivity index (χ1) is 9.76. The van der Waals surface area contributed by atoms with Gasteiger partial charge in [-0.15, -0.1) is 0 Å². The second-order valence-corrected chi connectivity index (χ2v) is 4.61. The molecule has 0 amide bonds. The molecule has 1 rings (SSSR count). The molecule has 112 valence electrons. The summed E-state index contributed by atoms with van der Waals surface area (Å²) in [5.41, 5.74) is 1.19. The Labute approximate surface area is 121 Å². The summed E-state index contributed by atoms with van der Waals surface area (Å²) in [4.78, 5) is 13.7. The van der Waals surface area contributed by atoms with Crippen LogP contribution in [0.1, 0.15) is 25.8 Å². The number of carbonyl (C=O) groups is 1. The summed E-state index contributed by atoms with van der Waals surface area (Å²) in [5.74, 6) is -0.182. The summed E-state index contributed by atoms with van der Waals surface area (Å²) in [5, 5.41) is 0. The predicted molar refractivity (Wildman–Crippen MR) is 79.5 cm³/mol. The van der Waals surface area contributed by atoms with Crippen LogP contribution < -0.4 is 0 Å². The molecule has 1 aromatic rings. The third-order valence-corrected chi connectivity index (χ3v) is 2.81. The van der Waals surface area contributed by atoms with Crippen molar-refractivity contribution in [3.63, 3.8) is 0 Å². The molecule has 0 spiro atoms. The molecule has 0 N–H and O–H groups in total. The van der Waals surface area contributed by atoms with E-state index < -0.39 is 0 Å². The van der Waals surface area contributed by atoms with E-state index in [-0.39, 0.29) is 5.97 Å². The van der Waals surface area contributed by atoms with Crippen LogP contribution in [0.25, 0.3) is 0 Å². The Balaban J connectivity index is 2.47. The zero-order chi connectivity index (χ0) is 14.6. The van der Waals surface area contributed by atoms with Crippen molar-refractivity contribution in [2.45, 2.75) is 26.8 Å². The van der Waals surface area contributed by atoms with Gasteiger partial charge in [0, 0.05) is 19.7 Å². The summed E-state index contributed by atoms with van der Waals surface area (Å²) >= 11 is 0. The molecule has 0 aliphatic heterocycles. The van der Waals surface area contributed by atoms with Gasteiger partial charge in [0.1, 0.15) is 0 Å². The molecule has 0 unspecified atom stereocenters. The van der Waals surface area contributed by atoms with Gasteiger partial charge in [0.15, 0.2) is 0 Å². The number of esters is 1. The Bertz CT molecular complexity index is 367. The van der Waals surface area contributed by atoms with E-state index in [1.54, 1.807) is 0 Å². The summed E-state index contributed by atoms with van der Waals surface area (Å²) < 4.78 is 10.5. The third-order valence-electron chi connectivity index (χ3n) is 2.81. The van der Waals surface area contributed by atoms with Crippen molar-refractivity contribution >= 4 is 5.97 Å². The van der Waals surface area contributed by atoms with Gasteiger partial charge >= 0.3 is 5.97 Å². The minimum absolute atomic E-state index is 0.182. The largest absolute Gasteiger partial charge is 0.465 e. The quantitative estimate of drug-likeness (QED) is 0.487. The smallest absolute Gasteiger partial charge is 0.320 e. The van der Waals surface area contributed by atoms with Crippen LogP contribution in [0.4, 0.5) is 0 Å². The zero-order valence-electron chi connectivity index (χ0n) is 12.5. The van der Waals surface area contributed by atoms with Crippen molar-refractivity contribution in [3.8, 4) is 0 Å². The van der Waals surface area contributed by atoms with Crippen LogP contribution in [0.2, 0.25) is 0 Å². The molecule has 0 fully saturated rings. The fourth-order valence-corrected chi connectivity index (χ4v) is 1.88. The Morgan fingerprint density at radius 2 is 1.90 bits per heavy atom. The van der Waals surface area contributed by atoms with Gasteiger partial charge in [0.05, 0.1) is 19.8 Å². The molecule has 0 aromatic heterocycles. The molecule has 0 bridgehead atoms. The molecule has 4 nitrogen and oxygen atoms in total. The van der Waals surface area contributed by atoms with Gasteiger partial charge in [0.2, 0.25) is 0 Å². The van der Waals surface area contributed by atoms with E-state index in [9.17, 15) is 4.79 Å². The molecule has 0 aliphatic rings. The van der Waals surface area contributed by atoms with Crippen molar-refractivity contribution in [2.75, 3.05) is 32.9 Å². The van der Waals surface area contributed by atoms with Gasteiger partial charge in [-0.05, 0) is 18.9 Å². The number of hydrogen-bond acceptors (Lipinski definition) is 4. The normalized spacial score (nSPS) is 10.8. The average Bonchev–Trinajstić information content (AvgIpc) is 2.45. The number of benzene rings is 1. The van der Waals surface area contributed by atoms with Gasteiger partial charge < -0.3 is 9.47 Å². The van der Waals surface area contributed by atoms with Crippen LogP contribution in [0, 0.1) is 0 Å². The molecule has 4 heteroatoms. The molecule has 20 heavy (non-hydrogen) atoms. The molecular formula is C16H25NO3. The Morgan fingerprint density at radius 1 is 1.15 bits per heavy atom. The van der Waals surface area contributed by atoms with Crippen molar-refractivity contribution in [2.24, 2.45) is 0 Å². The first-order valence-electron chi connectivity index (χ1n) is 7.25. The molecule has 0 heterocycles. The lowest BCUT2D eigenvalue weighted by molar-refractivity contribution is -0.144. The number of carbonyl (C=O) groups excluding carboxylic acids is 1. The van der Waals surface area contributed by atoms with E-state index in [1.807, 2.05) is 25.1 Å². The molecule has 0 saturated heterocycles. The molecule has 0 atom stereocenters. The maximum atomic E-state index is 11.6. The maximum absolute atomic E-state index is 11.6. The topological polar surface area (TPSA) is 38.8 Å². The van der Waals surface area contributed by atoms with E-state index >= 15 is 0 Å². The van der Waals surface area contributed by atoms with E-state index in [0.717, 1.165) is 26.1 Å². The highest BCUT2D eigenvalue weighted by atomic mass is 16.5. The van der Waals surface area contributed by atoms with Crippen LogP contribution in [0.15, 0.2) is 30.3 Å². The molecule has 0 aliphatic carbocycles. The molecule has 1 aromatic carbocycles. The van der Waals surface area contributed by atoms with Crippen LogP contribution in [0.5, 0.6) is 0 Å². The summed E-state index contributed by atoms with van der Waals surface area (Å²) in [6.07, 6.45) is 1.01. The lowest BCUT2D eigenvalue weighted by Crippen LogP contribution is -2.33. The Kier molecular flexibility index (Phi) is 8.67. The highest BCUT2D eigenvalue weighted by Gasteiger charge is 2.12. The minimum Gasteiger partial charge on any atom is -0.465 e. The number of nitrogens with zero attached hydrogens (tertiary/aromatic N) is 1. The summed E-state index contributed by atoms with van der Waals surface area (Å²) in [6.45, 7) is 7.49. The highest BCUT2D eigenvalue weighted by Crippen LogP contribution is 2.04. The lowest BCUT2D eigenvalue weighted by atomic mass is 10.2. The molecular weight excluding hydrogens is 254 g/mol. The van der Waals surface area contributed by atoms with Crippen LogP contribution >= 0.6 is 0 Å². The second-order valence-electron chi connectivity index (χ2n) is 4.61. The number of rotatable bonds is 10. The first-order valence-corrected chi connectivity index (χ1v) is 7.25. The second kappa shape index (κ2) is 10.4. The molecule has 0 radical (unpaired) electrons. The van der Waals surface area contributed by atoms with E-state index in [1.165, 1.54) is 5.56 Å². The predicted octanol–water partition coefficient (Wildman–Crippen LogP) is 2.48. The number of hydrogen-bond donors (Lipinski definition) is 0. The van der Waals surface area contributed by atoms with Gasteiger partial charge in [-0.2, -0.15) is 0 Å². The van der Waals surface area contributed by atoms with Crippen molar-refractivity contribution < 1.29 is 14.3 Å². The third kappa shape index (κ3) is 7.26. The lowest BCUT2D eigenvalue weighted by Gasteiger charge is -2.21. The molecule has 0 saturated carbocycles. The van der Waals surface area contributed by atoms with Crippen LogP contribution in [0.3, 0.4) is 0 Å². The van der Waals surface area contributed by atoms with Crippen LogP contribution in [-0.2, 0) is 20.8 Å². The van der Waals surface area contributed by atoms with Crippen molar-refractivity contribution in [1.82, 2.24) is 4.90 Å². The van der Waals surface area contributed by atoms with Gasteiger partial charge in [-0.3, -0.25) is 9.69 Å². The van der Waals surface area contributed by atoms with E-state index in [0.29, 0.717) is 19.8 Å². The van der Waals surface area contributed by atoms with Crippen molar-refractivity contribution in [1.29, 1.82) is 0 Å². The minimum atomic E-state index is -0.182. The van der Waals surface area contributed by atoms with Crippen LogP contribution in [-0.4, -0.2) is 43.8 Å². The SMILES string of the molecule is CCCOCCN(CC(=O)OCC)Cc1ccccc1. The maximum Gasteiger partial charge on any atom is 0.320 e. The standard InChI is InChI=1S/C16H25NO3/c1-3-11-19-12-10-17(14-16(18)20-4-2)13-15-8-6-5-7-9-15/h5-9H,3-4,10-14H2,1-2H3. The highest BCUT2D eigenvalue weighted by molar-refractivity contribution is 5.71. The van der Waals surface area contributed by atoms with Gasteiger partial charge in [-0.1, -0.05) is 37.3 Å².